The number of benzene rings is 1. The molecular formula is C13H16N2S2. The molecule has 2 aliphatic heterocycles. The minimum atomic E-state index is 0.526. The molecule has 1 fully saturated rings. The van der Waals surface area contributed by atoms with E-state index in [9.17, 15) is 0 Å². The molecule has 0 saturated carbocycles. The highest BCUT2D eigenvalue weighted by atomic mass is 32.2. The van der Waals surface area contributed by atoms with E-state index in [1.165, 1.54) is 15.5 Å². The van der Waals surface area contributed by atoms with Gasteiger partial charge in [0.25, 0.3) is 0 Å². The Hall–Kier alpha value is -0.450. The first-order valence-electron chi connectivity index (χ1n) is 5.91. The van der Waals surface area contributed by atoms with Crippen LogP contribution < -0.4 is 0 Å². The molecule has 2 atom stereocenters. The average Bonchev–Trinajstić information content (AvgIpc) is 2.78. The van der Waals surface area contributed by atoms with Crippen LogP contribution in [0.2, 0.25) is 0 Å². The summed E-state index contributed by atoms with van der Waals surface area (Å²) in [5, 5.41) is 1.95. The monoisotopic (exact) mass is 264 g/mol. The fraction of sp³-hybridized carbons (Fsp3) is 0.462. The summed E-state index contributed by atoms with van der Waals surface area (Å²) in [5.74, 6) is 0. The summed E-state index contributed by atoms with van der Waals surface area (Å²) >= 11 is 3.82. The molecule has 0 aliphatic carbocycles. The molecule has 90 valence electrons. The van der Waals surface area contributed by atoms with Crippen LogP contribution in [0.1, 0.15) is 12.5 Å². The predicted molar refractivity (Wildman–Crippen MR) is 76.9 cm³/mol. The van der Waals surface area contributed by atoms with Gasteiger partial charge in [-0.1, -0.05) is 17.7 Å². The first-order chi connectivity index (χ1) is 8.20. The van der Waals surface area contributed by atoms with E-state index >= 15 is 0 Å². The smallest absolute Gasteiger partial charge is 0.0780 e. The van der Waals surface area contributed by atoms with Crippen molar-refractivity contribution in [2.75, 3.05) is 13.1 Å². The maximum absolute atomic E-state index is 4.68. The SMILES string of the molecule is CC1=NC2CN(Sc3ccc(C)cc3)CC2S1. The Balaban J connectivity index is 1.63. The van der Waals surface area contributed by atoms with Crippen LogP contribution in [0.25, 0.3) is 0 Å². The minimum absolute atomic E-state index is 0.526. The molecule has 17 heavy (non-hydrogen) atoms. The first-order valence-corrected chi connectivity index (χ1v) is 7.57. The van der Waals surface area contributed by atoms with Gasteiger partial charge in [-0.3, -0.25) is 4.99 Å². The fourth-order valence-electron chi connectivity index (χ4n) is 2.27. The van der Waals surface area contributed by atoms with Gasteiger partial charge in [0.05, 0.1) is 11.1 Å². The lowest BCUT2D eigenvalue weighted by molar-refractivity contribution is 0.573. The molecular weight excluding hydrogens is 248 g/mol. The van der Waals surface area contributed by atoms with Crippen molar-refractivity contribution in [1.82, 2.24) is 4.31 Å². The third-order valence-corrected chi connectivity index (χ3v) is 5.38. The molecule has 0 radical (unpaired) electrons. The molecule has 0 spiro atoms. The summed E-state index contributed by atoms with van der Waals surface area (Å²) in [6, 6.07) is 9.29. The van der Waals surface area contributed by atoms with Crippen molar-refractivity contribution in [3.63, 3.8) is 0 Å². The molecule has 0 N–H and O–H groups in total. The van der Waals surface area contributed by atoms with Gasteiger partial charge in [0.1, 0.15) is 0 Å². The summed E-state index contributed by atoms with van der Waals surface area (Å²) in [6.45, 7) is 6.49. The van der Waals surface area contributed by atoms with E-state index in [1.807, 2.05) is 23.7 Å². The third-order valence-electron chi connectivity index (χ3n) is 3.13. The van der Waals surface area contributed by atoms with E-state index in [0.29, 0.717) is 11.3 Å². The fourth-order valence-corrected chi connectivity index (χ4v) is 4.57. The Labute approximate surface area is 111 Å². The van der Waals surface area contributed by atoms with Crippen LogP contribution in [0.5, 0.6) is 0 Å². The van der Waals surface area contributed by atoms with Crippen molar-refractivity contribution in [2.45, 2.75) is 30.0 Å². The molecule has 0 amide bonds. The summed E-state index contributed by atoms with van der Waals surface area (Å²) in [7, 11) is 0. The topological polar surface area (TPSA) is 15.6 Å². The molecule has 4 heteroatoms. The van der Waals surface area contributed by atoms with Crippen LogP contribution in [0.3, 0.4) is 0 Å². The summed E-state index contributed by atoms with van der Waals surface area (Å²) < 4.78 is 2.45. The van der Waals surface area contributed by atoms with Crippen molar-refractivity contribution >= 4 is 28.8 Å². The standard InChI is InChI=1S/C13H16N2S2/c1-9-3-5-11(6-4-9)17-15-7-12-13(8-15)16-10(2)14-12/h3-6,12-13H,7-8H2,1-2H3. The largest absolute Gasteiger partial charge is 0.277 e. The van der Waals surface area contributed by atoms with Crippen LogP contribution in [0.4, 0.5) is 0 Å². The number of hydrogen-bond acceptors (Lipinski definition) is 4. The van der Waals surface area contributed by atoms with Crippen molar-refractivity contribution in [2.24, 2.45) is 4.99 Å². The van der Waals surface area contributed by atoms with Gasteiger partial charge in [0, 0.05) is 23.2 Å². The second-order valence-electron chi connectivity index (χ2n) is 4.62. The van der Waals surface area contributed by atoms with E-state index in [2.05, 4.69) is 47.4 Å². The number of nitrogens with zero attached hydrogens (tertiary/aromatic N) is 2. The van der Waals surface area contributed by atoms with Crippen LogP contribution in [-0.2, 0) is 0 Å². The molecule has 3 rings (SSSR count). The third kappa shape index (κ3) is 2.54. The highest BCUT2D eigenvalue weighted by molar-refractivity contribution is 8.14. The van der Waals surface area contributed by atoms with Gasteiger partial charge in [-0.15, -0.1) is 11.8 Å². The zero-order chi connectivity index (χ0) is 11.8. The van der Waals surface area contributed by atoms with Crippen molar-refractivity contribution in [1.29, 1.82) is 0 Å². The van der Waals surface area contributed by atoms with Gasteiger partial charge in [-0.05, 0) is 37.9 Å². The summed E-state index contributed by atoms with van der Waals surface area (Å²) in [6.07, 6.45) is 0. The van der Waals surface area contributed by atoms with Crippen LogP contribution in [0, 0.1) is 6.92 Å². The Kier molecular flexibility index (Phi) is 3.19. The van der Waals surface area contributed by atoms with Crippen LogP contribution in [-0.4, -0.2) is 33.7 Å². The molecule has 2 unspecified atom stereocenters. The zero-order valence-corrected chi connectivity index (χ0v) is 11.7. The predicted octanol–water partition coefficient (Wildman–Crippen LogP) is 3.22. The normalized spacial score (nSPS) is 28.2. The average molecular weight is 264 g/mol. The Morgan fingerprint density at radius 1 is 1.24 bits per heavy atom. The van der Waals surface area contributed by atoms with Crippen molar-refractivity contribution < 1.29 is 0 Å². The number of fused-ring (bicyclic) bond motifs is 1. The highest BCUT2D eigenvalue weighted by Crippen LogP contribution is 2.37. The van der Waals surface area contributed by atoms with E-state index in [1.54, 1.807) is 0 Å². The molecule has 0 bridgehead atoms. The number of aliphatic imine (C=N–C) groups is 1. The minimum Gasteiger partial charge on any atom is -0.277 e. The lowest BCUT2D eigenvalue weighted by atomic mass is 10.2. The number of rotatable bonds is 2. The van der Waals surface area contributed by atoms with E-state index < -0.39 is 0 Å². The van der Waals surface area contributed by atoms with Crippen molar-refractivity contribution in [3.8, 4) is 0 Å². The first kappa shape index (κ1) is 11.6. The van der Waals surface area contributed by atoms with E-state index in [4.69, 9.17) is 0 Å². The Bertz CT molecular complexity index is 441. The lowest BCUT2D eigenvalue weighted by Gasteiger charge is -2.14. The van der Waals surface area contributed by atoms with Gasteiger partial charge < -0.3 is 0 Å². The molecule has 1 aromatic carbocycles. The Morgan fingerprint density at radius 3 is 2.71 bits per heavy atom. The van der Waals surface area contributed by atoms with Crippen molar-refractivity contribution in [3.05, 3.63) is 29.8 Å². The quantitative estimate of drug-likeness (QED) is 0.763. The second kappa shape index (κ2) is 4.67. The maximum Gasteiger partial charge on any atom is 0.0780 e. The molecule has 2 aliphatic rings. The van der Waals surface area contributed by atoms with Gasteiger partial charge in [-0.2, -0.15) is 0 Å². The number of thioether (sulfide) groups is 1. The number of hydrogen-bond donors (Lipinski definition) is 0. The van der Waals surface area contributed by atoms with Gasteiger partial charge in [0.15, 0.2) is 0 Å². The van der Waals surface area contributed by atoms with Gasteiger partial charge in [0.2, 0.25) is 0 Å². The molecule has 1 aromatic rings. The Morgan fingerprint density at radius 2 is 2.00 bits per heavy atom. The molecule has 2 nitrogen and oxygen atoms in total. The summed E-state index contributed by atoms with van der Waals surface area (Å²) in [4.78, 5) is 6.02. The van der Waals surface area contributed by atoms with E-state index in [-0.39, 0.29) is 0 Å². The zero-order valence-electron chi connectivity index (χ0n) is 10.1. The van der Waals surface area contributed by atoms with Crippen LogP contribution >= 0.6 is 23.7 Å². The van der Waals surface area contributed by atoms with Gasteiger partial charge >= 0.3 is 0 Å². The second-order valence-corrected chi connectivity index (χ2v) is 7.23. The van der Waals surface area contributed by atoms with Gasteiger partial charge in [-0.25, -0.2) is 4.31 Å². The molecule has 0 aromatic heterocycles. The maximum atomic E-state index is 4.68. The van der Waals surface area contributed by atoms with Crippen LogP contribution in [0.15, 0.2) is 34.2 Å². The van der Waals surface area contributed by atoms with E-state index in [0.717, 1.165) is 13.1 Å². The lowest BCUT2D eigenvalue weighted by Crippen LogP contribution is -2.13. The molecule has 2 heterocycles. The number of aryl methyl sites for hydroxylation is 1. The molecule has 1 saturated heterocycles. The highest BCUT2D eigenvalue weighted by Gasteiger charge is 2.37. The summed E-state index contributed by atoms with van der Waals surface area (Å²) in [5.41, 5.74) is 1.32.